The average Bonchev–Trinajstić information content (AvgIpc) is 2.19. The fraction of sp³-hybridized carbons (Fsp3) is 0.429. The Bertz CT molecular complexity index is 478. The minimum atomic E-state index is -0.0159. The van der Waals surface area contributed by atoms with Crippen molar-refractivity contribution in [2.24, 2.45) is 0 Å². The Morgan fingerprint density at radius 2 is 1.88 bits per heavy atom. The van der Waals surface area contributed by atoms with Crippen molar-refractivity contribution in [3.8, 4) is 5.75 Å². The van der Waals surface area contributed by atoms with Gasteiger partial charge in [-0.05, 0) is 13.8 Å². The average molecular weight is 305 g/mol. The molecule has 0 atom stereocenters. The van der Waals surface area contributed by atoms with Crippen LogP contribution in [0.1, 0.15) is 30.5 Å². The second-order valence-corrected chi connectivity index (χ2v) is 5.03. The van der Waals surface area contributed by atoms with Gasteiger partial charge in [0.15, 0.2) is 0 Å². The van der Waals surface area contributed by atoms with Crippen LogP contribution in [0.5, 0.6) is 5.75 Å². The number of hydrogen-bond acceptors (Lipinski definition) is 2. The van der Waals surface area contributed by atoms with E-state index >= 15 is 0 Å². The molecule has 0 radical (unpaired) electrons. The van der Waals surface area contributed by atoms with Crippen LogP contribution in [0.4, 0.5) is 5.69 Å². The number of fused-ring (bicyclic) bond motifs is 1. The fourth-order valence-electron chi connectivity index (χ4n) is 2.15. The molecule has 86 valence electrons. The summed E-state index contributed by atoms with van der Waals surface area (Å²) in [6, 6.07) is 2.99. The van der Waals surface area contributed by atoms with Crippen LogP contribution in [-0.4, -0.2) is 17.7 Å². The first-order valence-electron chi connectivity index (χ1n) is 5.53. The van der Waals surface area contributed by atoms with Crippen LogP contribution in [0.3, 0.4) is 0 Å². The summed E-state index contributed by atoms with van der Waals surface area (Å²) < 4.78 is 0. The molecule has 0 saturated carbocycles. The van der Waals surface area contributed by atoms with Gasteiger partial charge in [0.05, 0.1) is 0 Å². The largest absolute Gasteiger partial charge is 3.00 e. The summed E-state index contributed by atoms with van der Waals surface area (Å²) in [6.07, 6.45) is 4.32. The van der Waals surface area contributed by atoms with Crippen LogP contribution in [0.2, 0.25) is 0 Å². The van der Waals surface area contributed by atoms with Gasteiger partial charge in [-0.3, -0.25) is 0 Å². The molecule has 17 heavy (non-hydrogen) atoms. The van der Waals surface area contributed by atoms with Crippen molar-refractivity contribution in [1.82, 2.24) is 0 Å². The topological polar surface area (TPSA) is 23.5 Å². The first kappa shape index (κ1) is 14.7. The van der Waals surface area contributed by atoms with Crippen LogP contribution < -0.4 is 4.90 Å². The Hall–Kier alpha value is -0.336. The minimum absolute atomic E-state index is 0. The number of aromatic hydroxyl groups is 1. The number of phenolic OH excluding ortho intramolecular Hbond substituents is 1. The van der Waals surface area contributed by atoms with Gasteiger partial charge in [0.2, 0.25) is 0 Å². The summed E-state index contributed by atoms with van der Waals surface area (Å²) in [5.41, 5.74) is 4.16. The molecule has 1 aromatic carbocycles. The van der Waals surface area contributed by atoms with E-state index in [0.717, 1.165) is 22.4 Å². The van der Waals surface area contributed by atoms with Crippen molar-refractivity contribution in [3.05, 3.63) is 28.8 Å². The van der Waals surface area contributed by atoms with E-state index in [-0.39, 0.29) is 44.0 Å². The van der Waals surface area contributed by atoms with E-state index in [1.807, 2.05) is 13.8 Å². The third kappa shape index (κ3) is 2.30. The molecular formula is C14H18NOY+2. The molecule has 0 aromatic heterocycles. The third-order valence-corrected chi connectivity index (χ3v) is 3.53. The molecular weight excluding hydrogens is 287 g/mol. The molecule has 1 heterocycles. The van der Waals surface area contributed by atoms with Crippen molar-refractivity contribution >= 4 is 11.8 Å². The van der Waals surface area contributed by atoms with Crippen LogP contribution in [0, 0.1) is 19.9 Å². The molecule has 2 nitrogen and oxygen atoms in total. The first-order valence-corrected chi connectivity index (χ1v) is 5.53. The maximum atomic E-state index is 9.84. The zero-order valence-electron chi connectivity index (χ0n) is 11.1. The predicted molar refractivity (Wildman–Crippen MR) is 67.9 cm³/mol. The molecule has 0 aliphatic carbocycles. The molecule has 1 aliphatic rings. The molecule has 0 unspecified atom stereocenters. The molecule has 0 fully saturated rings. The summed E-state index contributed by atoms with van der Waals surface area (Å²) in [4.78, 5) is 2.21. The molecule has 0 saturated heterocycles. The predicted octanol–water partition coefficient (Wildman–Crippen LogP) is 3.05. The van der Waals surface area contributed by atoms with Gasteiger partial charge >= 0.3 is 32.7 Å². The summed E-state index contributed by atoms with van der Waals surface area (Å²) in [5.74, 6) is 0.259. The van der Waals surface area contributed by atoms with Crippen LogP contribution in [-0.2, 0) is 32.7 Å². The summed E-state index contributed by atoms with van der Waals surface area (Å²) in [7, 11) is 2.06. The van der Waals surface area contributed by atoms with Gasteiger partial charge < -0.3 is 10.0 Å². The van der Waals surface area contributed by atoms with Crippen molar-refractivity contribution in [3.63, 3.8) is 0 Å². The van der Waals surface area contributed by atoms with Crippen molar-refractivity contribution < 1.29 is 37.8 Å². The zero-order chi connectivity index (χ0) is 12.1. The van der Waals surface area contributed by atoms with E-state index in [2.05, 4.69) is 44.0 Å². The van der Waals surface area contributed by atoms with Gasteiger partial charge in [-0.1, -0.05) is 31.2 Å². The standard InChI is InChI=1S/C14H18NO.Y/c1-9-8-12(16)10(2)13-11(9)6-7-14(3,4)15(13)5;/h6-7,16H,1-5H3;/q-1;+3. The summed E-state index contributed by atoms with van der Waals surface area (Å²) >= 11 is 0. The van der Waals surface area contributed by atoms with Gasteiger partial charge in [0, 0.05) is 18.3 Å². The van der Waals surface area contributed by atoms with E-state index < -0.39 is 0 Å². The SMILES string of the molecule is Cc1[c-]c(O)c(C)c2c1C=CC(C)(C)N2C.[Y+3]. The van der Waals surface area contributed by atoms with Gasteiger partial charge in [-0.25, -0.2) is 0 Å². The molecule has 0 spiro atoms. The second-order valence-electron chi connectivity index (χ2n) is 5.03. The van der Waals surface area contributed by atoms with E-state index in [4.69, 9.17) is 0 Å². The Labute approximate surface area is 129 Å². The summed E-state index contributed by atoms with van der Waals surface area (Å²) in [5, 5.41) is 9.84. The molecule has 0 bridgehead atoms. The van der Waals surface area contributed by atoms with E-state index in [1.54, 1.807) is 0 Å². The Kier molecular flexibility index (Phi) is 4.10. The molecule has 1 aliphatic heterocycles. The quantitative estimate of drug-likeness (QED) is 0.745. The number of anilines is 1. The molecule has 1 aromatic rings. The number of phenols is 1. The number of likely N-dealkylation sites (N-methyl/N-ethyl adjacent to an activating group) is 1. The van der Waals surface area contributed by atoms with Crippen molar-refractivity contribution in [2.75, 3.05) is 11.9 Å². The fourth-order valence-corrected chi connectivity index (χ4v) is 2.15. The Morgan fingerprint density at radius 3 is 2.47 bits per heavy atom. The smallest absolute Gasteiger partial charge is 0.534 e. The van der Waals surface area contributed by atoms with Crippen LogP contribution in [0.15, 0.2) is 6.08 Å². The molecule has 1 N–H and O–H groups in total. The number of hydrogen-bond donors (Lipinski definition) is 1. The maximum Gasteiger partial charge on any atom is 3.00 e. The first-order chi connectivity index (χ1) is 7.34. The zero-order valence-corrected chi connectivity index (χ0v) is 14.0. The van der Waals surface area contributed by atoms with Gasteiger partial charge in [0.25, 0.3) is 0 Å². The monoisotopic (exact) mass is 305 g/mol. The maximum absolute atomic E-state index is 9.84. The molecule has 3 heteroatoms. The van der Waals surface area contributed by atoms with E-state index in [0.29, 0.717) is 0 Å². The minimum Gasteiger partial charge on any atom is -0.534 e. The summed E-state index contributed by atoms with van der Waals surface area (Å²) in [6.45, 7) is 8.24. The van der Waals surface area contributed by atoms with Crippen molar-refractivity contribution in [2.45, 2.75) is 33.2 Å². The van der Waals surface area contributed by atoms with Crippen LogP contribution >= 0.6 is 0 Å². The number of aryl methyl sites for hydroxylation is 1. The molecule has 0 amide bonds. The number of rotatable bonds is 0. The van der Waals surface area contributed by atoms with Crippen molar-refractivity contribution in [1.29, 1.82) is 0 Å². The molecule has 2 rings (SSSR count). The Morgan fingerprint density at radius 1 is 1.29 bits per heavy atom. The van der Waals surface area contributed by atoms with Gasteiger partial charge in [-0.15, -0.1) is 17.7 Å². The normalized spacial score (nSPS) is 16.4. The van der Waals surface area contributed by atoms with Crippen LogP contribution in [0.25, 0.3) is 6.08 Å². The second kappa shape index (κ2) is 4.74. The van der Waals surface area contributed by atoms with E-state index in [9.17, 15) is 5.11 Å². The van der Waals surface area contributed by atoms with E-state index in [1.165, 1.54) is 0 Å². The third-order valence-electron chi connectivity index (χ3n) is 3.53. The number of nitrogens with zero attached hydrogens (tertiary/aromatic N) is 1. The number of benzene rings is 1. The Balaban J connectivity index is 0.00000144. The van der Waals surface area contributed by atoms with Gasteiger partial charge in [0.1, 0.15) is 0 Å². The van der Waals surface area contributed by atoms with Gasteiger partial charge in [-0.2, -0.15) is 5.56 Å².